The number of hydrogen-bond acceptors (Lipinski definition) is 1. The summed E-state index contributed by atoms with van der Waals surface area (Å²) in [6.07, 6.45) is 0. The second-order valence-electron chi connectivity index (χ2n) is 2.95. The highest BCUT2D eigenvalue weighted by atomic mass is 32.5. The van der Waals surface area contributed by atoms with E-state index < -0.39 is 17.7 Å². The lowest BCUT2D eigenvalue weighted by Gasteiger charge is -2.20. The van der Waals surface area contributed by atoms with Crippen LogP contribution in [0, 0.1) is 6.92 Å². The van der Waals surface area contributed by atoms with Crippen molar-refractivity contribution in [1.29, 1.82) is 0 Å². The highest BCUT2D eigenvalue weighted by Gasteiger charge is 2.45. The molecule has 0 aromatic heterocycles. The number of alkyl halides is 2. The standard InChI is InChI=1S/C8H9F2O2PS/c1-6-2-4-7(5-3-6)8(9,10)13(11,12)14/h2-5H,1H3,(H2,11,12,14). The van der Waals surface area contributed by atoms with E-state index in [4.69, 9.17) is 9.79 Å². The Labute approximate surface area is 85.4 Å². The van der Waals surface area contributed by atoms with Gasteiger partial charge in [-0.1, -0.05) is 29.8 Å². The molecule has 6 heteroatoms. The first kappa shape index (κ1) is 11.7. The summed E-state index contributed by atoms with van der Waals surface area (Å²) in [6.45, 7) is -2.86. The fourth-order valence-electron chi connectivity index (χ4n) is 0.922. The molecule has 0 saturated carbocycles. The largest absolute Gasteiger partial charge is 0.345 e. The first-order valence-electron chi connectivity index (χ1n) is 3.76. The van der Waals surface area contributed by atoms with Crippen LogP contribution in [0.1, 0.15) is 11.1 Å². The molecule has 0 aliphatic rings. The van der Waals surface area contributed by atoms with Gasteiger partial charge in [-0.2, -0.15) is 8.78 Å². The van der Waals surface area contributed by atoms with Gasteiger partial charge in [0.1, 0.15) is 0 Å². The minimum Gasteiger partial charge on any atom is -0.341 e. The fraction of sp³-hybridized carbons (Fsp3) is 0.250. The van der Waals surface area contributed by atoms with Crippen molar-refractivity contribution in [2.24, 2.45) is 0 Å². The molecule has 2 N–H and O–H groups in total. The van der Waals surface area contributed by atoms with Gasteiger partial charge in [-0.25, -0.2) is 0 Å². The molecule has 0 saturated heterocycles. The molecule has 0 spiro atoms. The number of rotatable bonds is 2. The molecule has 0 amide bonds. The van der Waals surface area contributed by atoms with Crippen LogP contribution in [0.25, 0.3) is 0 Å². The zero-order chi connectivity index (χ0) is 11.0. The van der Waals surface area contributed by atoms with Crippen molar-refractivity contribution < 1.29 is 18.6 Å². The van der Waals surface area contributed by atoms with Crippen molar-refractivity contribution >= 4 is 18.3 Å². The van der Waals surface area contributed by atoms with Crippen molar-refractivity contribution in [3.8, 4) is 0 Å². The summed E-state index contributed by atoms with van der Waals surface area (Å²) in [5, 5.41) is 0. The van der Waals surface area contributed by atoms with Gasteiger partial charge in [-0.3, -0.25) is 0 Å². The number of halogens is 2. The van der Waals surface area contributed by atoms with Crippen molar-refractivity contribution in [3.05, 3.63) is 35.4 Å². The second kappa shape index (κ2) is 3.66. The maximum absolute atomic E-state index is 13.2. The number of benzene rings is 1. The van der Waals surface area contributed by atoms with E-state index in [1.54, 1.807) is 6.92 Å². The van der Waals surface area contributed by atoms with E-state index in [1.165, 1.54) is 12.1 Å². The van der Waals surface area contributed by atoms with E-state index >= 15 is 0 Å². The molecule has 1 aromatic rings. The molecule has 14 heavy (non-hydrogen) atoms. The quantitative estimate of drug-likeness (QED) is 0.777. The third-order valence-electron chi connectivity index (χ3n) is 1.76. The monoisotopic (exact) mass is 238 g/mol. The molecule has 78 valence electrons. The van der Waals surface area contributed by atoms with Gasteiger partial charge >= 0.3 is 5.66 Å². The van der Waals surface area contributed by atoms with Crippen LogP contribution in [0.15, 0.2) is 24.3 Å². The van der Waals surface area contributed by atoms with Gasteiger partial charge in [-0.05, 0) is 18.7 Å². The van der Waals surface area contributed by atoms with Gasteiger partial charge in [0.25, 0.3) is 6.49 Å². The maximum Gasteiger partial charge on any atom is 0.345 e. The Kier molecular flexibility index (Phi) is 3.07. The van der Waals surface area contributed by atoms with Gasteiger partial charge in [0.15, 0.2) is 0 Å². The lowest BCUT2D eigenvalue weighted by molar-refractivity contribution is 0.0720. The van der Waals surface area contributed by atoms with Crippen LogP contribution >= 0.6 is 6.49 Å². The summed E-state index contributed by atoms with van der Waals surface area (Å²) in [6, 6.07) is 5.22. The molecule has 1 aromatic carbocycles. The van der Waals surface area contributed by atoms with E-state index in [1.807, 2.05) is 0 Å². The van der Waals surface area contributed by atoms with Crippen molar-refractivity contribution in [2.45, 2.75) is 12.6 Å². The summed E-state index contributed by atoms with van der Waals surface area (Å²) < 4.78 is 26.5. The van der Waals surface area contributed by atoms with Crippen LogP contribution in [0.5, 0.6) is 0 Å². The van der Waals surface area contributed by atoms with E-state index in [-0.39, 0.29) is 0 Å². The Bertz CT molecular complexity index is 371. The van der Waals surface area contributed by atoms with Crippen LogP contribution in [-0.4, -0.2) is 9.79 Å². The van der Waals surface area contributed by atoms with Gasteiger partial charge < -0.3 is 9.79 Å². The van der Waals surface area contributed by atoms with E-state index in [0.29, 0.717) is 0 Å². The first-order valence-corrected chi connectivity index (χ1v) is 6.46. The average molecular weight is 238 g/mol. The summed E-state index contributed by atoms with van der Waals surface area (Å²) in [5.41, 5.74) is -3.39. The van der Waals surface area contributed by atoms with Gasteiger partial charge in [0, 0.05) is 5.56 Å². The smallest absolute Gasteiger partial charge is 0.341 e. The third kappa shape index (κ3) is 2.17. The number of aryl methyl sites for hydroxylation is 1. The Balaban J connectivity index is 3.17. The third-order valence-corrected chi connectivity index (χ3v) is 3.44. The summed E-state index contributed by atoms with van der Waals surface area (Å²) in [5.74, 6) is 0. The lowest BCUT2D eigenvalue weighted by atomic mass is 10.2. The molecule has 0 unspecified atom stereocenters. The Morgan fingerprint density at radius 1 is 1.21 bits per heavy atom. The summed E-state index contributed by atoms with van der Waals surface area (Å²) in [4.78, 5) is 17.6. The molecular formula is C8H9F2O2PS. The zero-order valence-corrected chi connectivity index (χ0v) is 9.03. The molecule has 0 bridgehead atoms. The van der Waals surface area contributed by atoms with Gasteiger partial charge in [0.05, 0.1) is 0 Å². The molecule has 0 fully saturated rings. The Morgan fingerprint density at radius 3 is 2.00 bits per heavy atom. The normalized spacial score (nSPS) is 12.9. The fourth-order valence-corrected chi connectivity index (χ4v) is 1.72. The molecule has 0 aliphatic carbocycles. The Morgan fingerprint density at radius 2 is 1.64 bits per heavy atom. The van der Waals surface area contributed by atoms with Crippen LogP contribution < -0.4 is 0 Å². The minimum atomic E-state index is -4.61. The first-order chi connectivity index (χ1) is 6.25. The van der Waals surface area contributed by atoms with E-state index in [9.17, 15) is 8.78 Å². The maximum atomic E-state index is 13.2. The molecule has 1 rings (SSSR count). The van der Waals surface area contributed by atoms with Crippen LogP contribution in [-0.2, 0) is 17.5 Å². The predicted molar refractivity (Wildman–Crippen MR) is 53.8 cm³/mol. The zero-order valence-electron chi connectivity index (χ0n) is 7.32. The SMILES string of the molecule is Cc1ccc(C(F)(F)P(O)(O)=S)cc1. The molecule has 2 nitrogen and oxygen atoms in total. The molecule has 0 aliphatic heterocycles. The van der Waals surface area contributed by atoms with Crippen LogP contribution in [0.4, 0.5) is 8.78 Å². The Hall–Kier alpha value is -0.350. The number of hydrogen-bond donors (Lipinski definition) is 2. The molecule has 0 radical (unpaired) electrons. The van der Waals surface area contributed by atoms with E-state index in [0.717, 1.165) is 17.7 Å². The van der Waals surface area contributed by atoms with Crippen LogP contribution in [0.2, 0.25) is 0 Å². The molecular weight excluding hydrogens is 229 g/mol. The minimum absolute atomic E-state index is 0.462. The van der Waals surface area contributed by atoms with E-state index in [2.05, 4.69) is 11.8 Å². The average Bonchev–Trinajstić information content (AvgIpc) is 2.03. The summed E-state index contributed by atoms with van der Waals surface area (Å²) >= 11 is 4.01. The predicted octanol–water partition coefficient (Wildman–Crippen LogP) is 2.34. The topological polar surface area (TPSA) is 40.5 Å². The van der Waals surface area contributed by atoms with Crippen molar-refractivity contribution in [3.63, 3.8) is 0 Å². The van der Waals surface area contributed by atoms with Crippen molar-refractivity contribution in [1.82, 2.24) is 0 Å². The highest BCUT2D eigenvalue weighted by molar-refractivity contribution is 8.09. The lowest BCUT2D eigenvalue weighted by Crippen LogP contribution is -2.13. The van der Waals surface area contributed by atoms with Gasteiger partial charge in [0.2, 0.25) is 0 Å². The van der Waals surface area contributed by atoms with Crippen LogP contribution in [0.3, 0.4) is 0 Å². The second-order valence-corrected chi connectivity index (χ2v) is 6.13. The van der Waals surface area contributed by atoms with Gasteiger partial charge in [-0.15, -0.1) is 0 Å². The molecule has 0 atom stereocenters. The molecule has 0 heterocycles. The highest BCUT2D eigenvalue weighted by Crippen LogP contribution is 2.59. The van der Waals surface area contributed by atoms with Crippen molar-refractivity contribution in [2.75, 3.05) is 0 Å². The summed E-state index contributed by atoms with van der Waals surface area (Å²) in [7, 11) is 0.